The summed E-state index contributed by atoms with van der Waals surface area (Å²) >= 11 is 0. The fraction of sp³-hybridized carbons (Fsp3) is 0.294. The Kier molecular flexibility index (Phi) is 3.55. The van der Waals surface area contributed by atoms with Crippen molar-refractivity contribution in [1.29, 1.82) is 0 Å². The minimum atomic E-state index is 0.629. The highest BCUT2D eigenvalue weighted by molar-refractivity contribution is 5.82. The summed E-state index contributed by atoms with van der Waals surface area (Å²) in [6.07, 6.45) is 4.37. The smallest absolute Gasteiger partial charge is 0.184 e. The second-order valence-corrected chi connectivity index (χ2v) is 6.33. The highest BCUT2D eigenvalue weighted by Crippen LogP contribution is 2.24. The number of fused-ring (bicyclic) bond motifs is 2. The van der Waals surface area contributed by atoms with Gasteiger partial charge in [0.05, 0.1) is 25.0 Å². The maximum Gasteiger partial charge on any atom is 0.184 e. The maximum atomic E-state index is 4.50. The molecule has 0 N–H and O–H groups in total. The topological polar surface area (TPSA) is 90.4 Å². The number of hydrogen-bond acceptors (Lipinski definition) is 7. The van der Waals surface area contributed by atoms with E-state index in [0.29, 0.717) is 13.1 Å². The molecule has 0 amide bonds. The molecule has 1 aliphatic rings. The second kappa shape index (κ2) is 6.17. The van der Waals surface area contributed by atoms with E-state index in [-0.39, 0.29) is 0 Å². The molecule has 0 spiro atoms. The van der Waals surface area contributed by atoms with Crippen molar-refractivity contribution in [1.82, 2.24) is 40.0 Å². The normalized spacial score (nSPS) is 14.4. The zero-order valence-electron chi connectivity index (χ0n) is 14.1. The highest BCUT2D eigenvalue weighted by atomic mass is 15.5. The Morgan fingerprint density at radius 1 is 1.00 bits per heavy atom. The number of aryl methyl sites for hydroxylation is 1. The summed E-state index contributed by atoms with van der Waals surface area (Å²) in [5, 5.41) is 16.8. The minimum Gasteiger partial charge on any atom is -0.349 e. The standard InChI is InChI=1S/C17H17N9/c1-2-5-13(6-3-1)10-26-17-15(21-23-26)16(18-12-19-17)24-7-4-8-25-14(11-24)9-20-22-25/h1-3,5-6,9,12H,4,7-8,10-11H2. The Morgan fingerprint density at radius 3 is 2.85 bits per heavy atom. The molecule has 1 aromatic carbocycles. The van der Waals surface area contributed by atoms with Crippen molar-refractivity contribution in [3.63, 3.8) is 0 Å². The first kappa shape index (κ1) is 14.9. The lowest BCUT2D eigenvalue weighted by atomic mass is 10.2. The zero-order chi connectivity index (χ0) is 17.3. The van der Waals surface area contributed by atoms with Gasteiger partial charge in [-0.15, -0.1) is 10.2 Å². The first-order chi connectivity index (χ1) is 12.9. The maximum absolute atomic E-state index is 4.50. The molecular formula is C17H17N9. The molecule has 0 fully saturated rings. The molecular weight excluding hydrogens is 330 g/mol. The van der Waals surface area contributed by atoms with E-state index in [2.05, 4.69) is 47.6 Å². The van der Waals surface area contributed by atoms with Gasteiger partial charge in [-0.1, -0.05) is 40.8 Å². The van der Waals surface area contributed by atoms with Crippen molar-refractivity contribution in [3.05, 3.63) is 54.1 Å². The molecule has 0 saturated heterocycles. The third-order valence-corrected chi connectivity index (χ3v) is 4.60. The Hall–Kier alpha value is -3.36. The lowest BCUT2D eigenvalue weighted by Crippen LogP contribution is -2.24. The molecule has 9 heteroatoms. The molecule has 1 aliphatic heterocycles. The fourth-order valence-electron chi connectivity index (χ4n) is 3.33. The number of aromatic nitrogens is 8. The summed E-state index contributed by atoms with van der Waals surface area (Å²) in [4.78, 5) is 11.1. The molecule has 26 heavy (non-hydrogen) atoms. The van der Waals surface area contributed by atoms with Crippen LogP contribution in [0.25, 0.3) is 11.2 Å². The van der Waals surface area contributed by atoms with E-state index in [4.69, 9.17) is 0 Å². The first-order valence-corrected chi connectivity index (χ1v) is 8.59. The average molecular weight is 347 g/mol. The van der Waals surface area contributed by atoms with Crippen LogP contribution in [0, 0.1) is 0 Å². The number of benzene rings is 1. The van der Waals surface area contributed by atoms with Gasteiger partial charge < -0.3 is 4.90 Å². The van der Waals surface area contributed by atoms with Crippen molar-refractivity contribution < 1.29 is 0 Å². The minimum absolute atomic E-state index is 0.629. The van der Waals surface area contributed by atoms with Gasteiger partial charge in [-0.2, -0.15) is 0 Å². The summed E-state index contributed by atoms with van der Waals surface area (Å²) in [5.74, 6) is 0.809. The van der Waals surface area contributed by atoms with Gasteiger partial charge in [0, 0.05) is 13.1 Å². The summed E-state index contributed by atoms with van der Waals surface area (Å²) in [5.41, 5.74) is 3.70. The van der Waals surface area contributed by atoms with Crippen LogP contribution in [-0.4, -0.2) is 46.5 Å². The van der Waals surface area contributed by atoms with E-state index >= 15 is 0 Å². The van der Waals surface area contributed by atoms with Crippen LogP contribution in [0.5, 0.6) is 0 Å². The molecule has 3 aromatic heterocycles. The van der Waals surface area contributed by atoms with Gasteiger partial charge in [0.2, 0.25) is 0 Å². The molecule has 4 aromatic rings. The third kappa shape index (κ3) is 2.57. The zero-order valence-corrected chi connectivity index (χ0v) is 14.1. The molecule has 5 rings (SSSR count). The van der Waals surface area contributed by atoms with Crippen LogP contribution in [-0.2, 0) is 19.6 Å². The van der Waals surface area contributed by atoms with Gasteiger partial charge >= 0.3 is 0 Å². The van der Waals surface area contributed by atoms with Gasteiger partial charge in [0.25, 0.3) is 0 Å². The molecule has 130 valence electrons. The molecule has 0 aliphatic carbocycles. The van der Waals surface area contributed by atoms with E-state index in [0.717, 1.165) is 47.7 Å². The average Bonchev–Trinajstić information content (AvgIpc) is 3.24. The number of rotatable bonds is 3. The lowest BCUT2D eigenvalue weighted by molar-refractivity contribution is 0.569. The van der Waals surface area contributed by atoms with Crippen LogP contribution in [0.3, 0.4) is 0 Å². The predicted molar refractivity (Wildman–Crippen MR) is 94.4 cm³/mol. The quantitative estimate of drug-likeness (QED) is 0.551. The van der Waals surface area contributed by atoms with Crippen molar-refractivity contribution in [2.24, 2.45) is 0 Å². The molecule has 0 radical (unpaired) electrons. The summed E-state index contributed by atoms with van der Waals surface area (Å²) in [6.45, 7) is 3.07. The third-order valence-electron chi connectivity index (χ3n) is 4.60. The first-order valence-electron chi connectivity index (χ1n) is 8.59. The number of anilines is 1. The molecule has 0 saturated carbocycles. The lowest BCUT2D eigenvalue weighted by Gasteiger charge is -2.20. The van der Waals surface area contributed by atoms with Crippen molar-refractivity contribution in [2.45, 2.75) is 26.1 Å². The van der Waals surface area contributed by atoms with Crippen molar-refractivity contribution >= 4 is 17.0 Å². The Bertz CT molecular complexity index is 1040. The van der Waals surface area contributed by atoms with E-state index in [1.807, 2.05) is 33.8 Å². The van der Waals surface area contributed by atoms with Crippen LogP contribution in [0.1, 0.15) is 17.7 Å². The SMILES string of the molecule is c1ccc(Cn2nnc3c(N4CCCn5nncc5C4)ncnc32)cc1. The van der Waals surface area contributed by atoms with Gasteiger partial charge in [0.15, 0.2) is 17.0 Å². The van der Waals surface area contributed by atoms with Crippen LogP contribution < -0.4 is 4.90 Å². The van der Waals surface area contributed by atoms with Crippen molar-refractivity contribution in [3.8, 4) is 0 Å². The van der Waals surface area contributed by atoms with Gasteiger partial charge in [-0.05, 0) is 12.0 Å². The molecule has 0 bridgehead atoms. The molecule has 0 atom stereocenters. The predicted octanol–water partition coefficient (Wildman–Crippen LogP) is 1.27. The monoisotopic (exact) mass is 347 g/mol. The van der Waals surface area contributed by atoms with Crippen LogP contribution in [0.4, 0.5) is 5.82 Å². The summed E-state index contributed by atoms with van der Waals surface area (Å²) < 4.78 is 3.77. The number of hydrogen-bond donors (Lipinski definition) is 0. The highest BCUT2D eigenvalue weighted by Gasteiger charge is 2.21. The molecule has 9 nitrogen and oxygen atoms in total. The Morgan fingerprint density at radius 2 is 1.92 bits per heavy atom. The van der Waals surface area contributed by atoms with Crippen LogP contribution >= 0.6 is 0 Å². The Labute approximate surface area is 149 Å². The fourth-order valence-corrected chi connectivity index (χ4v) is 3.33. The summed E-state index contributed by atoms with van der Waals surface area (Å²) in [7, 11) is 0. The van der Waals surface area contributed by atoms with Crippen molar-refractivity contribution in [2.75, 3.05) is 11.4 Å². The van der Waals surface area contributed by atoms with Gasteiger partial charge in [-0.3, -0.25) is 0 Å². The van der Waals surface area contributed by atoms with Gasteiger partial charge in [0.1, 0.15) is 6.33 Å². The largest absolute Gasteiger partial charge is 0.349 e. The Balaban J connectivity index is 1.51. The molecule has 4 heterocycles. The van der Waals surface area contributed by atoms with Gasteiger partial charge in [-0.25, -0.2) is 19.3 Å². The van der Waals surface area contributed by atoms with E-state index in [9.17, 15) is 0 Å². The van der Waals surface area contributed by atoms with E-state index in [1.54, 1.807) is 6.33 Å². The van der Waals surface area contributed by atoms with Crippen LogP contribution in [0.15, 0.2) is 42.9 Å². The van der Waals surface area contributed by atoms with E-state index < -0.39 is 0 Å². The van der Waals surface area contributed by atoms with E-state index in [1.165, 1.54) is 0 Å². The summed E-state index contributed by atoms with van der Waals surface area (Å²) in [6, 6.07) is 10.2. The second-order valence-electron chi connectivity index (χ2n) is 6.33. The number of nitrogens with zero attached hydrogens (tertiary/aromatic N) is 9. The molecule has 0 unspecified atom stereocenters. The van der Waals surface area contributed by atoms with Crippen LogP contribution in [0.2, 0.25) is 0 Å².